The fourth-order valence-corrected chi connectivity index (χ4v) is 2.51. The number of rotatable bonds is 2. The van der Waals surface area contributed by atoms with E-state index in [0.29, 0.717) is 10.6 Å². The molecule has 2 nitrogen and oxygen atoms in total. The fourth-order valence-electron chi connectivity index (χ4n) is 2.32. The Morgan fingerprint density at radius 2 is 1.67 bits per heavy atom. The highest BCUT2D eigenvalue weighted by atomic mass is 35.5. The molecule has 3 aromatic carbocycles. The molecule has 0 aromatic heterocycles. The number of halogens is 1. The third kappa shape index (κ3) is 2.76. The zero-order chi connectivity index (χ0) is 14.8. The van der Waals surface area contributed by atoms with Gasteiger partial charge in [-0.05, 0) is 41.1 Å². The molecule has 0 unspecified atom stereocenters. The molecule has 0 N–H and O–H groups in total. The van der Waals surface area contributed by atoms with Crippen LogP contribution in [0.15, 0.2) is 66.7 Å². The van der Waals surface area contributed by atoms with E-state index in [9.17, 15) is 4.79 Å². The molecule has 3 rings (SSSR count). The standard InChI is InChI=1S/C18H14ClNO/c1-20(18(21)15-7-4-8-16(19)11-15)17-10-9-13-5-2-3-6-14(13)12-17/h2-12H,1H3. The van der Waals surface area contributed by atoms with Crippen LogP contribution < -0.4 is 4.90 Å². The molecule has 0 bridgehead atoms. The third-order valence-electron chi connectivity index (χ3n) is 3.50. The van der Waals surface area contributed by atoms with Crippen LogP contribution in [-0.2, 0) is 0 Å². The Labute approximate surface area is 128 Å². The summed E-state index contributed by atoms with van der Waals surface area (Å²) in [4.78, 5) is 14.1. The summed E-state index contributed by atoms with van der Waals surface area (Å²) < 4.78 is 0. The average Bonchev–Trinajstić information content (AvgIpc) is 2.53. The summed E-state index contributed by atoms with van der Waals surface area (Å²) in [5, 5.41) is 2.83. The largest absolute Gasteiger partial charge is 0.311 e. The first-order valence-corrected chi connectivity index (χ1v) is 7.05. The molecule has 1 amide bonds. The van der Waals surface area contributed by atoms with Gasteiger partial charge in [-0.1, -0.05) is 48.0 Å². The Bertz CT molecular complexity index is 813. The number of hydrogen-bond acceptors (Lipinski definition) is 1. The van der Waals surface area contributed by atoms with Crippen molar-refractivity contribution in [3.05, 3.63) is 77.3 Å². The highest BCUT2D eigenvalue weighted by molar-refractivity contribution is 6.31. The second-order valence-corrected chi connectivity index (χ2v) is 5.34. The molecule has 0 spiro atoms. The minimum absolute atomic E-state index is 0.0761. The maximum Gasteiger partial charge on any atom is 0.258 e. The number of hydrogen-bond donors (Lipinski definition) is 0. The van der Waals surface area contributed by atoms with E-state index in [2.05, 4.69) is 6.07 Å². The van der Waals surface area contributed by atoms with Gasteiger partial charge in [-0.15, -0.1) is 0 Å². The summed E-state index contributed by atoms with van der Waals surface area (Å²) >= 11 is 5.95. The molecule has 3 heteroatoms. The predicted molar refractivity (Wildman–Crippen MR) is 88.1 cm³/mol. The molecule has 0 saturated heterocycles. The van der Waals surface area contributed by atoms with Gasteiger partial charge in [0.25, 0.3) is 5.91 Å². The van der Waals surface area contributed by atoms with Gasteiger partial charge in [-0.2, -0.15) is 0 Å². The normalized spacial score (nSPS) is 10.6. The number of amides is 1. The molecule has 0 radical (unpaired) electrons. The Morgan fingerprint density at radius 1 is 0.905 bits per heavy atom. The van der Waals surface area contributed by atoms with Crippen LogP contribution >= 0.6 is 11.6 Å². The monoisotopic (exact) mass is 295 g/mol. The van der Waals surface area contributed by atoms with E-state index in [4.69, 9.17) is 11.6 Å². The predicted octanol–water partition coefficient (Wildman–Crippen LogP) is 4.77. The van der Waals surface area contributed by atoms with Crippen molar-refractivity contribution < 1.29 is 4.79 Å². The van der Waals surface area contributed by atoms with Crippen molar-refractivity contribution in [3.63, 3.8) is 0 Å². The first kappa shape index (κ1) is 13.7. The Kier molecular flexibility index (Phi) is 3.63. The summed E-state index contributed by atoms with van der Waals surface area (Å²) in [6.45, 7) is 0. The maximum atomic E-state index is 12.5. The Balaban J connectivity index is 1.96. The summed E-state index contributed by atoms with van der Waals surface area (Å²) in [5.41, 5.74) is 1.44. The molecule has 0 saturated carbocycles. The Morgan fingerprint density at radius 3 is 2.43 bits per heavy atom. The van der Waals surface area contributed by atoms with Crippen LogP contribution in [0.3, 0.4) is 0 Å². The lowest BCUT2D eigenvalue weighted by molar-refractivity contribution is 0.0993. The highest BCUT2D eigenvalue weighted by Crippen LogP contribution is 2.23. The van der Waals surface area contributed by atoms with Gasteiger partial charge in [-0.25, -0.2) is 0 Å². The van der Waals surface area contributed by atoms with E-state index in [1.807, 2.05) is 36.4 Å². The van der Waals surface area contributed by atoms with E-state index >= 15 is 0 Å². The number of benzene rings is 3. The van der Waals surface area contributed by atoms with Crippen LogP contribution in [0.25, 0.3) is 10.8 Å². The lowest BCUT2D eigenvalue weighted by Gasteiger charge is -2.18. The quantitative estimate of drug-likeness (QED) is 0.667. The molecule has 21 heavy (non-hydrogen) atoms. The van der Waals surface area contributed by atoms with E-state index in [0.717, 1.165) is 16.5 Å². The SMILES string of the molecule is CN(C(=O)c1cccc(Cl)c1)c1ccc2ccccc2c1. The van der Waals surface area contributed by atoms with Crippen molar-refractivity contribution in [1.29, 1.82) is 0 Å². The summed E-state index contributed by atoms with van der Waals surface area (Å²) in [6.07, 6.45) is 0. The van der Waals surface area contributed by atoms with Crippen molar-refractivity contribution in [2.75, 3.05) is 11.9 Å². The second-order valence-electron chi connectivity index (χ2n) is 4.91. The van der Waals surface area contributed by atoms with Gasteiger partial charge in [0.2, 0.25) is 0 Å². The van der Waals surface area contributed by atoms with Crippen molar-refractivity contribution in [2.45, 2.75) is 0 Å². The smallest absolute Gasteiger partial charge is 0.258 e. The van der Waals surface area contributed by atoms with Crippen molar-refractivity contribution in [1.82, 2.24) is 0 Å². The number of fused-ring (bicyclic) bond motifs is 1. The molecular formula is C18H14ClNO. The fraction of sp³-hybridized carbons (Fsp3) is 0.0556. The summed E-state index contributed by atoms with van der Waals surface area (Å²) in [5.74, 6) is -0.0761. The lowest BCUT2D eigenvalue weighted by Crippen LogP contribution is -2.26. The van der Waals surface area contributed by atoms with Crippen LogP contribution in [-0.4, -0.2) is 13.0 Å². The van der Waals surface area contributed by atoms with Crippen LogP contribution in [0.5, 0.6) is 0 Å². The van der Waals surface area contributed by atoms with E-state index in [1.165, 1.54) is 0 Å². The lowest BCUT2D eigenvalue weighted by atomic mass is 10.1. The molecule has 104 valence electrons. The third-order valence-corrected chi connectivity index (χ3v) is 3.73. The van der Waals surface area contributed by atoms with Gasteiger partial charge in [0.15, 0.2) is 0 Å². The first-order chi connectivity index (χ1) is 10.1. The molecule has 0 aliphatic carbocycles. The van der Waals surface area contributed by atoms with E-state index < -0.39 is 0 Å². The second kappa shape index (κ2) is 5.58. The Hall–Kier alpha value is -2.32. The number of carbonyl (C=O) groups excluding carboxylic acids is 1. The molecule has 0 aliphatic heterocycles. The van der Waals surface area contributed by atoms with Gasteiger partial charge in [-0.3, -0.25) is 4.79 Å². The van der Waals surface area contributed by atoms with Gasteiger partial charge in [0, 0.05) is 23.3 Å². The molecule has 3 aromatic rings. The maximum absolute atomic E-state index is 12.5. The zero-order valence-corrected chi connectivity index (χ0v) is 12.3. The number of anilines is 1. The van der Waals surface area contributed by atoms with Crippen molar-refractivity contribution in [2.24, 2.45) is 0 Å². The number of carbonyl (C=O) groups is 1. The van der Waals surface area contributed by atoms with E-state index in [-0.39, 0.29) is 5.91 Å². The average molecular weight is 296 g/mol. The summed E-state index contributed by atoms with van der Waals surface area (Å²) in [6, 6.07) is 21.1. The van der Waals surface area contributed by atoms with Crippen LogP contribution in [0, 0.1) is 0 Å². The number of nitrogens with zero attached hydrogens (tertiary/aromatic N) is 1. The molecule has 0 heterocycles. The minimum atomic E-state index is -0.0761. The minimum Gasteiger partial charge on any atom is -0.311 e. The molecule has 0 aliphatic rings. The van der Waals surface area contributed by atoms with E-state index in [1.54, 1.807) is 36.2 Å². The van der Waals surface area contributed by atoms with Crippen molar-refractivity contribution in [3.8, 4) is 0 Å². The van der Waals surface area contributed by atoms with Gasteiger partial charge >= 0.3 is 0 Å². The summed E-state index contributed by atoms with van der Waals surface area (Å²) in [7, 11) is 1.77. The molecule has 0 atom stereocenters. The first-order valence-electron chi connectivity index (χ1n) is 6.67. The zero-order valence-electron chi connectivity index (χ0n) is 11.6. The molecular weight excluding hydrogens is 282 g/mol. The van der Waals surface area contributed by atoms with Gasteiger partial charge in [0.1, 0.15) is 0 Å². The van der Waals surface area contributed by atoms with Gasteiger partial charge in [0.05, 0.1) is 0 Å². The van der Waals surface area contributed by atoms with Crippen LogP contribution in [0.4, 0.5) is 5.69 Å². The molecule has 0 fully saturated rings. The highest BCUT2D eigenvalue weighted by Gasteiger charge is 2.13. The van der Waals surface area contributed by atoms with Crippen LogP contribution in [0.1, 0.15) is 10.4 Å². The van der Waals surface area contributed by atoms with Gasteiger partial charge < -0.3 is 4.90 Å². The topological polar surface area (TPSA) is 20.3 Å². The van der Waals surface area contributed by atoms with Crippen LogP contribution in [0.2, 0.25) is 5.02 Å². The van der Waals surface area contributed by atoms with Crippen molar-refractivity contribution >= 4 is 34.0 Å².